The average Bonchev–Trinajstić information content (AvgIpc) is 3.90. The number of rotatable bonds is 3. The van der Waals surface area contributed by atoms with Crippen LogP contribution in [-0.2, 0) is 12.8 Å². The molecule has 3 aliphatic carbocycles. The molecule has 0 amide bonds. The summed E-state index contributed by atoms with van der Waals surface area (Å²) in [6.07, 6.45) is 21.9. The summed E-state index contributed by atoms with van der Waals surface area (Å²) >= 11 is 1.90. The third-order valence-electron chi connectivity index (χ3n) is 11.7. The zero-order valence-corrected chi connectivity index (χ0v) is 29.7. The van der Waals surface area contributed by atoms with Crippen LogP contribution in [0.3, 0.4) is 0 Å². The fraction of sp³-hybridized carbons (Fsp3) is 0.125. The minimum Gasteiger partial charge on any atom is -0.484 e. The van der Waals surface area contributed by atoms with Crippen LogP contribution in [0.1, 0.15) is 46.0 Å². The van der Waals surface area contributed by atoms with Crippen molar-refractivity contribution in [1.29, 1.82) is 0 Å². The van der Waals surface area contributed by atoms with Gasteiger partial charge >= 0.3 is 0 Å². The first kappa shape index (κ1) is 29.5. The lowest BCUT2D eigenvalue weighted by atomic mass is 9.88. The van der Waals surface area contributed by atoms with E-state index in [1.165, 1.54) is 58.9 Å². The molecular formula is C48H33N3OS. The van der Waals surface area contributed by atoms with E-state index in [4.69, 9.17) is 14.7 Å². The van der Waals surface area contributed by atoms with Crippen molar-refractivity contribution in [2.24, 2.45) is 0 Å². The number of nitrogens with zero attached hydrogens (tertiary/aromatic N) is 3. The summed E-state index contributed by atoms with van der Waals surface area (Å²) in [6.45, 7) is 0. The highest BCUT2D eigenvalue weighted by atomic mass is 32.1. The Balaban J connectivity index is 1.26. The van der Waals surface area contributed by atoms with Crippen LogP contribution in [0.2, 0.25) is 0 Å². The van der Waals surface area contributed by atoms with Crippen LogP contribution < -0.4 is 4.74 Å². The summed E-state index contributed by atoms with van der Waals surface area (Å²) in [4.78, 5) is 12.3. The number of fused-ring (bicyclic) bond motifs is 13. The van der Waals surface area contributed by atoms with Gasteiger partial charge in [-0.3, -0.25) is 4.57 Å². The van der Waals surface area contributed by atoms with Gasteiger partial charge in [-0.15, -0.1) is 11.3 Å². The van der Waals surface area contributed by atoms with Crippen LogP contribution in [0, 0.1) is 0 Å². The standard InChI is InChI=1S/C48H33N3OS/c1-2-13-29(14-3-1)45-34-18-6-9-19-38(34)49-48(50-45)51-39-24-22-28-12-4-5-15-31(28)43(39)44-46(51)35(27-37-32-16-7-10-20-40(32)52-47(37)44)30-23-25-42-36(26-30)33-17-8-11-21-41(33)53-42/h1-5,7,9-16,19-27,32,40H,6,8,17-18H2. The summed E-state index contributed by atoms with van der Waals surface area (Å²) in [5, 5.41) is 6.08. The van der Waals surface area contributed by atoms with Crippen molar-refractivity contribution >= 4 is 66.2 Å². The molecule has 252 valence electrons. The van der Waals surface area contributed by atoms with Crippen LogP contribution in [0.25, 0.3) is 83.1 Å². The van der Waals surface area contributed by atoms with E-state index in [-0.39, 0.29) is 12.0 Å². The van der Waals surface area contributed by atoms with Gasteiger partial charge in [0.2, 0.25) is 5.95 Å². The molecule has 0 N–H and O–H groups in total. The zero-order valence-electron chi connectivity index (χ0n) is 28.9. The molecule has 4 nitrogen and oxygen atoms in total. The van der Waals surface area contributed by atoms with E-state index in [1.807, 2.05) is 11.3 Å². The highest BCUT2D eigenvalue weighted by molar-refractivity contribution is 7.20. The molecule has 3 aromatic heterocycles. The summed E-state index contributed by atoms with van der Waals surface area (Å²) in [7, 11) is 0. The molecule has 1 aliphatic heterocycles. The van der Waals surface area contributed by atoms with Crippen LogP contribution >= 0.6 is 11.3 Å². The molecule has 2 atom stereocenters. The molecule has 0 fully saturated rings. The van der Waals surface area contributed by atoms with Crippen molar-refractivity contribution in [3.63, 3.8) is 0 Å². The predicted molar refractivity (Wildman–Crippen MR) is 220 cm³/mol. The van der Waals surface area contributed by atoms with Crippen molar-refractivity contribution < 1.29 is 4.74 Å². The average molecular weight is 700 g/mol. The Labute approximate surface area is 310 Å². The van der Waals surface area contributed by atoms with Gasteiger partial charge in [-0.25, -0.2) is 9.97 Å². The Kier molecular flexibility index (Phi) is 6.26. The van der Waals surface area contributed by atoms with Gasteiger partial charge in [0.15, 0.2) is 0 Å². The van der Waals surface area contributed by atoms with Gasteiger partial charge in [-0.05, 0) is 95.5 Å². The maximum atomic E-state index is 7.03. The summed E-state index contributed by atoms with van der Waals surface area (Å²) in [5.74, 6) is 1.79. The molecule has 0 bridgehead atoms. The van der Waals surface area contributed by atoms with E-state index in [0.29, 0.717) is 5.95 Å². The Bertz CT molecular complexity index is 2990. The van der Waals surface area contributed by atoms with Crippen molar-refractivity contribution in [3.8, 4) is 34.1 Å². The predicted octanol–water partition coefficient (Wildman–Crippen LogP) is 12.2. The van der Waals surface area contributed by atoms with E-state index < -0.39 is 0 Å². The zero-order chi connectivity index (χ0) is 34.6. The van der Waals surface area contributed by atoms with E-state index in [0.717, 1.165) is 64.8 Å². The molecule has 0 spiro atoms. The lowest BCUT2D eigenvalue weighted by Gasteiger charge is -2.18. The molecule has 5 heteroatoms. The first-order valence-electron chi connectivity index (χ1n) is 18.7. The topological polar surface area (TPSA) is 39.9 Å². The monoisotopic (exact) mass is 699 g/mol. The molecule has 0 saturated carbocycles. The summed E-state index contributed by atoms with van der Waals surface area (Å²) in [6, 6.07) is 33.4. The number of allylic oxidation sites excluding steroid dienone is 4. The first-order valence-corrected chi connectivity index (χ1v) is 19.5. The lowest BCUT2D eigenvalue weighted by Crippen LogP contribution is -2.15. The summed E-state index contributed by atoms with van der Waals surface area (Å²) < 4.78 is 10.7. The third kappa shape index (κ3) is 4.29. The molecule has 5 aromatic carbocycles. The van der Waals surface area contributed by atoms with Crippen LogP contribution in [0.15, 0.2) is 127 Å². The normalized spacial score (nSPS) is 18.1. The quantitative estimate of drug-likeness (QED) is 0.184. The number of thiophene rings is 1. The Hall–Kier alpha value is -6.04. The number of aromatic nitrogens is 3. The highest BCUT2D eigenvalue weighted by Gasteiger charge is 2.37. The highest BCUT2D eigenvalue weighted by Crippen LogP contribution is 2.53. The fourth-order valence-electron chi connectivity index (χ4n) is 9.26. The number of ether oxygens (including phenoxy) is 1. The second kappa shape index (κ2) is 11.2. The fourth-order valence-corrected chi connectivity index (χ4v) is 10.4. The van der Waals surface area contributed by atoms with Gasteiger partial charge in [0, 0.05) is 43.1 Å². The van der Waals surface area contributed by atoms with Crippen LogP contribution in [0.5, 0.6) is 5.75 Å². The minimum absolute atomic E-state index is 0.0465. The molecular weight excluding hydrogens is 667 g/mol. The van der Waals surface area contributed by atoms with Gasteiger partial charge in [0.05, 0.1) is 27.8 Å². The van der Waals surface area contributed by atoms with E-state index in [9.17, 15) is 0 Å². The van der Waals surface area contributed by atoms with Gasteiger partial charge in [-0.2, -0.15) is 0 Å². The van der Waals surface area contributed by atoms with Crippen molar-refractivity contribution in [2.75, 3.05) is 0 Å². The van der Waals surface area contributed by atoms with Gasteiger partial charge < -0.3 is 4.74 Å². The third-order valence-corrected chi connectivity index (χ3v) is 12.9. The van der Waals surface area contributed by atoms with E-state index >= 15 is 0 Å². The maximum absolute atomic E-state index is 7.03. The largest absolute Gasteiger partial charge is 0.484 e. The molecule has 8 aromatic rings. The molecule has 0 saturated heterocycles. The molecule has 0 radical (unpaired) electrons. The molecule has 53 heavy (non-hydrogen) atoms. The van der Waals surface area contributed by atoms with Crippen molar-refractivity contribution in [3.05, 3.63) is 155 Å². The first-order chi connectivity index (χ1) is 26.3. The van der Waals surface area contributed by atoms with Gasteiger partial charge in [0.1, 0.15) is 11.9 Å². The van der Waals surface area contributed by atoms with Gasteiger partial charge in [-0.1, -0.05) is 97.1 Å². The number of hydrogen-bond donors (Lipinski definition) is 0. The lowest BCUT2D eigenvalue weighted by molar-refractivity contribution is 0.271. The molecule has 4 aliphatic rings. The number of aryl methyl sites for hydroxylation is 1. The molecule has 2 unspecified atom stereocenters. The SMILES string of the molecule is C1=CC2Oc3c(cc(-c4ccc5sc6c(c5c4)CCC=C6)c4c3c3c5ccccc5ccc3n4-c3nc4c(c(-c5ccccc5)n3)CCC=C4)C2C=C1. The van der Waals surface area contributed by atoms with E-state index in [2.05, 4.69) is 144 Å². The van der Waals surface area contributed by atoms with Crippen molar-refractivity contribution in [1.82, 2.24) is 14.5 Å². The van der Waals surface area contributed by atoms with Crippen LogP contribution in [-0.4, -0.2) is 20.6 Å². The second-order valence-electron chi connectivity index (χ2n) is 14.6. The number of benzene rings is 5. The number of hydrogen-bond acceptors (Lipinski definition) is 4. The van der Waals surface area contributed by atoms with Crippen LogP contribution in [0.4, 0.5) is 0 Å². The van der Waals surface area contributed by atoms with Crippen molar-refractivity contribution in [2.45, 2.75) is 37.7 Å². The molecule has 4 heterocycles. The summed E-state index contributed by atoms with van der Waals surface area (Å²) in [5.41, 5.74) is 11.6. The maximum Gasteiger partial charge on any atom is 0.235 e. The molecule has 12 rings (SSSR count). The van der Waals surface area contributed by atoms with E-state index in [1.54, 1.807) is 0 Å². The Morgan fingerprint density at radius 2 is 1.57 bits per heavy atom. The Morgan fingerprint density at radius 3 is 2.51 bits per heavy atom. The minimum atomic E-state index is -0.0465. The van der Waals surface area contributed by atoms with Gasteiger partial charge in [0.25, 0.3) is 0 Å². The second-order valence-corrected chi connectivity index (χ2v) is 15.7. The smallest absolute Gasteiger partial charge is 0.235 e. The Morgan fingerprint density at radius 1 is 0.717 bits per heavy atom.